The maximum absolute atomic E-state index is 12.6. The molecule has 0 spiro atoms. The highest BCUT2D eigenvalue weighted by atomic mass is 79.9. The van der Waals surface area contributed by atoms with E-state index >= 15 is 0 Å². The minimum absolute atomic E-state index is 0.0224. The molecule has 1 unspecified atom stereocenters. The summed E-state index contributed by atoms with van der Waals surface area (Å²) >= 11 is 3.47. The summed E-state index contributed by atoms with van der Waals surface area (Å²) in [6.07, 6.45) is 1.09. The van der Waals surface area contributed by atoms with Crippen molar-refractivity contribution >= 4 is 39.1 Å². The number of carbonyl (C=O) groups is 2. The second-order valence-electron chi connectivity index (χ2n) is 5.86. The van der Waals surface area contributed by atoms with Crippen LogP contribution in [-0.2, 0) is 16.0 Å². The molecule has 0 saturated carbocycles. The Kier molecular flexibility index (Phi) is 5.00. The van der Waals surface area contributed by atoms with E-state index in [-0.39, 0.29) is 24.2 Å². The predicted molar refractivity (Wildman–Crippen MR) is 99.1 cm³/mol. The van der Waals surface area contributed by atoms with E-state index in [1.807, 2.05) is 48.5 Å². The Balaban J connectivity index is 1.74. The first-order chi connectivity index (χ1) is 11.6. The third kappa shape index (κ3) is 3.36. The summed E-state index contributed by atoms with van der Waals surface area (Å²) in [5.41, 5.74) is 2.74. The van der Waals surface area contributed by atoms with E-state index in [1.54, 1.807) is 4.90 Å². The summed E-state index contributed by atoms with van der Waals surface area (Å²) in [5.74, 6) is -0.459. The van der Waals surface area contributed by atoms with Crippen LogP contribution in [0.4, 0.5) is 11.4 Å². The van der Waals surface area contributed by atoms with Gasteiger partial charge in [-0.05, 0) is 46.1 Å². The van der Waals surface area contributed by atoms with E-state index in [9.17, 15) is 9.59 Å². The van der Waals surface area contributed by atoms with Gasteiger partial charge in [0.25, 0.3) is 0 Å². The maximum Gasteiger partial charge on any atom is 0.229 e. The largest absolute Gasteiger partial charge is 0.326 e. The molecular formula is C19H19BrN2O2. The summed E-state index contributed by atoms with van der Waals surface area (Å²) in [4.78, 5) is 26.6. The molecule has 1 heterocycles. The number of hydrogen-bond acceptors (Lipinski definition) is 2. The van der Waals surface area contributed by atoms with Gasteiger partial charge >= 0.3 is 0 Å². The molecule has 5 heteroatoms. The van der Waals surface area contributed by atoms with Crippen LogP contribution in [0.1, 0.15) is 18.9 Å². The first kappa shape index (κ1) is 16.7. The van der Waals surface area contributed by atoms with Gasteiger partial charge in [0.05, 0.1) is 11.6 Å². The highest BCUT2D eigenvalue weighted by Crippen LogP contribution is 2.31. The van der Waals surface area contributed by atoms with E-state index in [1.165, 1.54) is 0 Å². The Morgan fingerprint density at radius 1 is 1.21 bits per heavy atom. The summed E-state index contributed by atoms with van der Waals surface area (Å²) in [5, 5.41) is 2.98. The number of halogens is 1. The van der Waals surface area contributed by atoms with Crippen molar-refractivity contribution < 1.29 is 9.59 Å². The zero-order valence-corrected chi connectivity index (χ0v) is 15.0. The molecule has 1 atom stereocenters. The lowest BCUT2D eigenvalue weighted by Crippen LogP contribution is -2.28. The van der Waals surface area contributed by atoms with Crippen LogP contribution in [0.3, 0.4) is 0 Å². The SMILES string of the molecule is CCc1ccccc1NC(=O)C1CC(=O)N(c2ccccc2Br)C1. The number of para-hydroxylation sites is 2. The lowest BCUT2D eigenvalue weighted by atomic mass is 10.1. The van der Waals surface area contributed by atoms with Gasteiger partial charge in [0, 0.05) is 23.1 Å². The van der Waals surface area contributed by atoms with Gasteiger partial charge in [-0.2, -0.15) is 0 Å². The van der Waals surface area contributed by atoms with E-state index < -0.39 is 0 Å². The number of nitrogens with one attached hydrogen (secondary N) is 1. The van der Waals surface area contributed by atoms with Crippen molar-refractivity contribution in [2.45, 2.75) is 19.8 Å². The molecule has 0 bridgehead atoms. The van der Waals surface area contributed by atoms with E-state index in [4.69, 9.17) is 0 Å². The number of nitrogens with zero attached hydrogens (tertiary/aromatic N) is 1. The van der Waals surface area contributed by atoms with Gasteiger partial charge in [0.15, 0.2) is 0 Å². The van der Waals surface area contributed by atoms with E-state index in [2.05, 4.69) is 28.2 Å². The summed E-state index contributed by atoms with van der Waals surface area (Å²) < 4.78 is 0.857. The topological polar surface area (TPSA) is 49.4 Å². The highest BCUT2D eigenvalue weighted by molar-refractivity contribution is 9.10. The van der Waals surface area contributed by atoms with Crippen LogP contribution >= 0.6 is 15.9 Å². The third-order valence-corrected chi connectivity index (χ3v) is 4.97. The molecule has 1 N–H and O–H groups in total. The lowest BCUT2D eigenvalue weighted by Gasteiger charge is -2.18. The van der Waals surface area contributed by atoms with Crippen LogP contribution in [-0.4, -0.2) is 18.4 Å². The Hall–Kier alpha value is -2.14. The fourth-order valence-electron chi connectivity index (χ4n) is 2.97. The molecule has 2 aromatic carbocycles. The zero-order chi connectivity index (χ0) is 17.1. The van der Waals surface area contributed by atoms with Crippen LogP contribution in [0, 0.1) is 5.92 Å². The van der Waals surface area contributed by atoms with Crippen molar-refractivity contribution in [2.75, 3.05) is 16.8 Å². The molecule has 24 heavy (non-hydrogen) atoms. The molecule has 4 nitrogen and oxygen atoms in total. The monoisotopic (exact) mass is 386 g/mol. The van der Waals surface area contributed by atoms with Gasteiger partial charge in [0.1, 0.15) is 0 Å². The molecule has 3 rings (SSSR count). The first-order valence-electron chi connectivity index (χ1n) is 8.03. The van der Waals surface area contributed by atoms with Gasteiger partial charge in [-0.3, -0.25) is 9.59 Å². The fourth-order valence-corrected chi connectivity index (χ4v) is 3.47. The van der Waals surface area contributed by atoms with Crippen molar-refractivity contribution in [1.82, 2.24) is 0 Å². The third-order valence-electron chi connectivity index (χ3n) is 4.30. The maximum atomic E-state index is 12.6. The Bertz CT molecular complexity index is 775. The molecule has 1 aliphatic rings. The number of anilines is 2. The summed E-state index contributed by atoms with van der Waals surface area (Å²) in [6.45, 7) is 2.46. The molecule has 1 saturated heterocycles. The zero-order valence-electron chi connectivity index (χ0n) is 13.5. The Morgan fingerprint density at radius 3 is 2.67 bits per heavy atom. The number of amides is 2. The normalized spacial score (nSPS) is 17.2. The minimum atomic E-state index is -0.338. The highest BCUT2D eigenvalue weighted by Gasteiger charge is 2.35. The Morgan fingerprint density at radius 2 is 1.92 bits per heavy atom. The minimum Gasteiger partial charge on any atom is -0.326 e. The second-order valence-corrected chi connectivity index (χ2v) is 6.71. The predicted octanol–water partition coefficient (Wildman–Crippen LogP) is 4.00. The van der Waals surface area contributed by atoms with Crippen molar-refractivity contribution in [1.29, 1.82) is 0 Å². The molecule has 0 aromatic heterocycles. The first-order valence-corrected chi connectivity index (χ1v) is 8.83. The Labute approximate surface area is 150 Å². The number of carbonyl (C=O) groups excluding carboxylic acids is 2. The molecule has 124 valence electrons. The molecular weight excluding hydrogens is 368 g/mol. The van der Waals surface area contributed by atoms with Crippen LogP contribution in [0.15, 0.2) is 53.0 Å². The van der Waals surface area contributed by atoms with Gasteiger partial charge in [0.2, 0.25) is 11.8 Å². The van der Waals surface area contributed by atoms with Gasteiger partial charge in [-0.15, -0.1) is 0 Å². The van der Waals surface area contributed by atoms with Gasteiger partial charge < -0.3 is 10.2 Å². The van der Waals surface area contributed by atoms with Gasteiger partial charge in [-0.25, -0.2) is 0 Å². The van der Waals surface area contributed by atoms with E-state index in [0.717, 1.165) is 27.8 Å². The van der Waals surface area contributed by atoms with Crippen molar-refractivity contribution in [3.63, 3.8) is 0 Å². The van der Waals surface area contributed by atoms with Crippen LogP contribution in [0.25, 0.3) is 0 Å². The number of aryl methyl sites for hydroxylation is 1. The quantitative estimate of drug-likeness (QED) is 0.862. The fraction of sp³-hybridized carbons (Fsp3) is 0.263. The molecule has 0 radical (unpaired) electrons. The average molecular weight is 387 g/mol. The average Bonchev–Trinajstić information content (AvgIpc) is 2.97. The molecule has 1 aliphatic heterocycles. The molecule has 2 aromatic rings. The summed E-state index contributed by atoms with van der Waals surface area (Å²) in [7, 11) is 0. The van der Waals surface area contributed by atoms with Crippen molar-refractivity contribution in [2.24, 2.45) is 5.92 Å². The molecule has 0 aliphatic carbocycles. The van der Waals surface area contributed by atoms with Crippen molar-refractivity contribution in [3.8, 4) is 0 Å². The summed E-state index contributed by atoms with van der Waals surface area (Å²) in [6, 6.07) is 15.3. The molecule has 1 fully saturated rings. The van der Waals surface area contributed by atoms with Crippen LogP contribution in [0.2, 0.25) is 0 Å². The van der Waals surface area contributed by atoms with Gasteiger partial charge in [-0.1, -0.05) is 37.3 Å². The number of benzene rings is 2. The van der Waals surface area contributed by atoms with Crippen LogP contribution in [0.5, 0.6) is 0 Å². The van der Waals surface area contributed by atoms with E-state index in [0.29, 0.717) is 6.54 Å². The van der Waals surface area contributed by atoms with Crippen molar-refractivity contribution in [3.05, 3.63) is 58.6 Å². The molecule has 2 amide bonds. The standard InChI is InChI=1S/C19H19BrN2O2/c1-2-13-7-3-5-9-16(13)21-19(24)14-11-18(23)22(12-14)17-10-6-4-8-15(17)20/h3-10,14H,2,11-12H2,1H3,(H,21,24). The number of hydrogen-bond donors (Lipinski definition) is 1. The number of rotatable bonds is 4. The van der Waals surface area contributed by atoms with Crippen LogP contribution < -0.4 is 10.2 Å². The second kappa shape index (κ2) is 7.18. The smallest absolute Gasteiger partial charge is 0.229 e. The lowest BCUT2D eigenvalue weighted by molar-refractivity contribution is -0.122.